The largest absolute Gasteiger partial charge is 0.355 e. The molecule has 3 N–H and O–H groups in total. The number of hydrogen-bond donors (Lipinski definition) is 3. The number of guanidine groups is 1. The van der Waals surface area contributed by atoms with Crippen molar-refractivity contribution >= 4 is 11.9 Å². The van der Waals surface area contributed by atoms with E-state index in [1.807, 2.05) is 7.05 Å². The summed E-state index contributed by atoms with van der Waals surface area (Å²) < 4.78 is 0. The molecule has 1 unspecified atom stereocenters. The van der Waals surface area contributed by atoms with Crippen molar-refractivity contribution < 1.29 is 4.79 Å². The molecule has 26 heavy (non-hydrogen) atoms. The lowest BCUT2D eigenvalue weighted by molar-refractivity contribution is -0.122. The van der Waals surface area contributed by atoms with Gasteiger partial charge in [-0.3, -0.25) is 14.7 Å². The summed E-state index contributed by atoms with van der Waals surface area (Å²) >= 11 is 0. The predicted molar refractivity (Wildman–Crippen MR) is 105 cm³/mol. The molecule has 7 nitrogen and oxygen atoms in total. The molecular weight excluding hydrogens is 328 g/mol. The van der Waals surface area contributed by atoms with E-state index in [4.69, 9.17) is 0 Å². The molecule has 1 atom stereocenters. The predicted octanol–water partition coefficient (Wildman–Crippen LogP) is 0.380. The maximum Gasteiger partial charge on any atom is 0.220 e. The van der Waals surface area contributed by atoms with Gasteiger partial charge in [0.05, 0.1) is 0 Å². The highest BCUT2D eigenvalue weighted by molar-refractivity contribution is 5.81. The molecule has 0 aromatic carbocycles. The Morgan fingerprint density at radius 2 is 1.96 bits per heavy atom. The van der Waals surface area contributed by atoms with E-state index in [0.717, 1.165) is 18.9 Å². The first-order valence-electron chi connectivity index (χ1n) is 10.3. The average molecular weight is 365 g/mol. The van der Waals surface area contributed by atoms with E-state index in [1.54, 1.807) is 0 Å². The summed E-state index contributed by atoms with van der Waals surface area (Å²) in [7, 11) is 4.06. The second-order valence-corrected chi connectivity index (χ2v) is 8.19. The lowest BCUT2D eigenvalue weighted by Gasteiger charge is -2.50. The number of carbonyl (C=O) groups is 1. The van der Waals surface area contributed by atoms with Gasteiger partial charge in [-0.15, -0.1) is 0 Å². The standard InChI is InChI=1S/C19H36N6O/c1-20-18(23-16-6-7-17(26)21-14-16)22-15-19(8-12-24(2)13-9-19)25-10-4-3-5-11-25/h16H,3-15H2,1-2H3,(H,21,26)(H2,20,22,23). The Balaban J connectivity index is 1.58. The van der Waals surface area contributed by atoms with Crippen molar-refractivity contribution in [2.75, 3.05) is 53.4 Å². The van der Waals surface area contributed by atoms with Crippen LogP contribution in [0.25, 0.3) is 0 Å². The van der Waals surface area contributed by atoms with E-state index in [-0.39, 0.29) is 17.5 Å². The Labute approximate surface area is 158 Å². The van der Waals surface area contributed by atoms with Crippen LogP contribution < -0.4 is 16.0 Å². The first kappa shape index (κ1) is 19.4. The fraction of sp³-hybridized carbons (Fsp3) is 0.895. The molecule has 3 aliphatic heterocycles. The van der Waals surface area contributed by atoms with E-state index < -0.39 is 0 Å². The van der Waals surface area contributed by atoms with Crippen LogP contribution in [0.1, 0.15) is 44.9 Å². The fourth-order valence-electron chi connectivity index (χ4n) is 4.50. The van der Waals surface area contributed by atoms with Crippen molar-refractivity contribution in [3.63, 3.8) is 0 Å². The maximum absolute atomic E-state index is 11.3. The molecule has 0 spiro atoms. The first-order chi connectivity index (χ1) is 12.6. The molecule has 1 amide bonds. The average Bonchev–Trinajstić information content (AvgIpc) is 2.69. The number of rotatable bonds is 4. The third kappa shape index (κ3) is 4.88. The van der Waals surface area contributed by atoms with Crippen molar-refractivity contribution in [1.29, 1.82) is 0 Å². The van der Waals surface area contributed by atoms with Gasteiger partial charge < -0.3 is 20.9 Å². The van der Waals surface area contributed by atoms with Gasteiger partial charge in [0.25, 0.3) is 0 Å². The highest BCUT2D eigenvalue weighted by Crippen LogP contribution is 2.30. The van der Waals surface area contributed by atoms with Crippen LogP contribution in [-0.4, -0.2) is 86.6 Å². The van der Waals surface area contributed by atoms with Crippen LogP contribution in [0.3, 0.4) is 0 Å². The highest BCUT2D eigenvalue weighted by Gasteiger charge is 2.39. The number of amides is 1. The van der Waals surface area contributed by atoms with Crippen LogP contribution in [-0.2, 0) is 4.79 Å². The van der Waals surface area contributed by atoms with Gasteiger partial charge in [-0.25, -0.2) is 0 Å². The molecule has 0 bridgehead atoms. The Morgan fingerprint density at radius 1 is 1.23 bits per heavy atom. The SMILES string of the molecule is CN=C(NCC1(N2CCCCC2)CCN(C)CC1)NC1CCC(=O)NC1. The number of likely N-dealkylation sites (tertiary alicyclic amines) is 2. The monoisotopic (exact) mass is 364 g/mol. The molecular formula is C19H36N6O. The molecule has 0 radical (unpaired) electrons. The van der Waals surface area contributed by atoms with E-state index in [0.29, 0.717) is 13.0 Å². The van der Waals surface area contributed by atoms with Gasteiger partial charge in [0.1, 0.15) is 0 Å². The van der Waals surface area contributed by atoms with E-state index in [2.05, 4.69) is 37.8 Å². The molecule has 0 saturated carbocycles. The zero-order valence-electron chi connectivity index (χ0n) is 16.5. The molecule has 3 aliphatic rings. The molecule has 148 valence electrons. The molecule has 3 fully saturated rings. The minimum atomic E-state index is 0.154. The van der Waals surface area contributed by atoms with Crippen LogP contribution in [0, 0.1) is 0 Å². The molecule has 3 heterocycles. The number of hydrogen-bond acceptors (Lipinski definition) is 4. The van der Waals surface area contributed by atoms with Gasteiger partial charge in [-0.1, -0.05) is 6.42 Å². The van der Waals surface area contributed by atoms with E-state index >= 15 is 0 Å². The van der Waals surface area contributed by atoms with Gasteiger partial charge in [0.15, 0.2) is 5.96 Å². The lowest BCUT2D eigenvalue weighted by atomic mass is 9.84. The summed E-state index contributed by atoms with van der Waals surface area (Å²) in [5, 5.41) is 10.0. The first-order valence-corrected chi connectivity index (χ1v) is 10.3. The van der Waals surface area contributed by atoms with Crippen LogP contribution in [0.5, 0.6) is 0 Å². The third-order valence-electron chi connectivity index (χ3n) is 6.36. The van der Waals surface area contributed by atoms with Gasteiger partial charge in [0, 0.05) is 38.1 Å². The zero-order valence-corrected chi connectivity index (χ0v) is 16.5. The van der Waals surface area contributed by atoms with Crippen LogP contribution in [0.2, 0.25) is 0 Å². The number of aliphatic imine (C=N–C) groups is 1. The van der Waals surface area contributed by atoms with Gasteiger partial charge in [-0.2, -0.15) is 0 Å². The highest BCUT2D eigenvalue weighted by atomic mass is 16.1. The summed E-state index contributed by atoms with van der Waals surface area (Å²) in [5.41, 5.74) is 0.241. The normalized spacial score (nSPS) is 28.5. The second kappa shape index (κ2) is 9.04. The number of piperidine rings is 3. The topological polar surface area (TPSA) is 72.0 Å². The number of nitrogens with one attached hydrogen (secondary N) is 3. The number of carbonyl (C=O) groups excluding carboxylic acids is 1. The Hall–Kier alpha value is -1.34. The lowest BCUT2D eigenvalue weighted by Crippen LogP contribution is -2.62. The van der Waals surface area contributed by atoms with Crippen molar-refractivity contribution in [2.24, 2.45) is 4.99 Å². The molecule has 3 rings (SSSR count). The second-order valence-electron chi connectivity index (χ2n) is 8.19. The van der Waals surface area contributed by atoms with Crippen molar-refractivity contribution in [3.05, 3.63) is 0 Å². The van der Waals surface area contributed by atoms with Crippen molar-refractivity contribution in [3.8, 4) is 0 Å². The van der Waals surface area contributed by atoms with Crippen LogP contribution in [0.4, 0.5) is 0 Å². The Kier molecular flexibility index (Phi) is 6.75. The van der Waals surface area contributed by atoms with Crippen LogP contribution >= 0.6 is 0 Å². The Bertz CT molecular complexity index is 484. The van der Waals surface area contributed by atoms with Gasteiger partial charge >= 0.3 is 0 Å². The van der Waals surface area contributed by atoms with Crippen molar-refractivity contribution in [1.82, 2.24) is 25.8 Å². The molecule has 0 aromatic rings. The summed E-state index contributed by atoms with van der Waals surface area (Å²) in [4.78, 5) is 21.0. The summed E-state index contributed by atoms with van der Waals surface area (Å²) in [5.74, 6) is 1.02. The minimum Gasteiger partial charge on any atom is -0.355 e. The minimum absolute atomic E-state index is 0.154. The smallest absolute Gasteiger partial charge is 0.220 e. The quantitative estimate of drug-likeness (QED) is 0.497. The summed E-state index contributed by atoms with van der Waals surface area (Å²) in [6, 6.07) is 0.266. The number of nitrogens with zero attached hydrogens (tertiary/aromatic N) is 3. The molecule has 0 aliphatic carbocycles. The molecule has 3 saturated heterocycles. The zero-order chi connectivity index (χ0) is 18.4. The van der Waals surface area contributed by atoms with Crippen LogP contribution in [0.15, 0.2) is 4.99 Å². The molecule has 0 aromatic heterocycles. The Morgan fingerprint density at radius 3 is 2.58 bits per heavy atom. The fourth-order valence-corrected chi connectivity index (χ4v) is 4.50. The van der Waals surface area contributed by atoms with Crippen molar-refractivity contribution in [2.45, 2.75) is 56.5 Å². The van der Waals surface area contributed by atoms with Gasteiger partial charge in [0.2, 0.25) is 5.91 Å². The molecule has 7 heteroatoms. The van der Waals surface area contributed by atoms with Gasteiger partial charge in [-0.05, 0) is 65.3 Å². The third-order valence-corrected chi connectivity index (χ3v) is 6.36. The maximum atomic E-state index is 11.3. The summed E-state index contributed by atoms with van der Waals surface area (Å²) in [6.45, 7) is 6.41. The van der Waals surface area contributed by atoms with E-state index in [9.17, 15) is 4.79 Å². The van der Waals surface area contributed by atoms with E-state index in [1.165, 1.54) is 58.3 Å². The summed E-state index contributed by atoms with van der Waals surface area (Å²) in [6.07, 6.45) is 7.92.